The van der Waals surface area contributed by atoms with Crippen LogP contribution in [-0.2, 0) is 19.3 Å². The van der Waals surface area contributed by atoms with Crippen LogP contribution in [-0.4, -0.2) is 29.8 Å². The van der Waals surface area contributed by atoms with E-state index in [0.717, 1.165) is 16.5 Å². The lowest BCUT2D eigenvalue weighted by atomic mass is 10.2. The number of aromatic nitrogens is 6. The van der Waals surface area contributed by atoms with Crippen LogP contribution in [0.25, 0.3) is 11.5 Å². The quantitative estimate of drug-likeness (QED) is 0.487. The monoisotopic (exact) mass is 411 g/mol. The molecule has 0 saturated heterocycles. The average molecular weight is 412 g/mol. The van der Waals surface area contributed by atoms with E-state index in [2.05, 4.69) is 32.6 Å². The first-order valence-electron chi connectivity index (χ1n) is 8.62. The summed E-state index contributed by atoms with van der Waals surface area (Å²) in [7, 11) is 1.90. The molecule has 0 aliphatic heterocycles. The van der Waals surface area contributed by atoms with Crippen LogP contribution < -0.4 is 5.73 Å². The highest BCUT2D eigenvalue weighted by atomic mass is 35.5. The number of anilines is 1. The van der Waals surface area contributed by atoms with Gasteiger partial charge in [-0.05, 0) is 17.2 Å². The van der Waals surface area contributed by atoms with Crippen LogP contribution in [0.5, 0.6) is 0 Å². The van der Waals surface area contributed by atoms with E-state index in [4.69, 9.17) is 17.3 Å². The van der Waals surface area contributed by atoms with E-state index in [1.165, 1.54) is 5.56 Å². The number of halogens is 1. The summed E-state index contributed by atoms with van der Waals surface area (Å²) >= 11 is 7.84. The SMILES string of the molecule is Cn1c(SCc2ccccc2)nnc1-c1nnn(Cc2ccccc2Cl)c1N. The van der Waals surface area contributed by atoms with Crippen molar-refractivity contribution in [3.63, 3.8) is 0 Å². The third-order valence-corrected chi connectivity index (χ3v) is 5.77. The van der Waals surface area contributed by atoms with Crippen LogP contribution in [0.4, 0.5) is 5.82 Å². The average Bonchev–Trinajstić information content (AvgIpc) is 3.25. The van der Waals surface area contributed by atoms with Gasteiger partial charge >= 0.3 is 0 Å². The molecule has 2 aromatic heterocycles. The van der Waals surface area contributed by atoms with Gasteiger partial charge in [-0.2, -0.15) is 0 Å². The number of nitrogens with two attached hydrogens (primary N) is 1. The van der Waals surface area contributed by atoms with Crippen molar-refractivity contribution in [2.75, 3.05) is 5.73 Å². The lowest BCUT2D eigenvalue weighted by molar-refractivity contribution is 0.658. The molecule has 142 valence electrons. The van der Waals surface area contributed by atoms with E-state index < -0.39 is 0 Å². The molecule has 2 N–H and O–H groups in total. The molecule has 2 aromatic carbocycles. The molecule has 0 bridgehead atoms. The van der Waals surface area contributed by atoms with Gasteiger partial charge in [-0.1, -0.05) is 77.1 Å². The summed E-state index contributed by atoms with van der Waals surface area (Å²) in [5.41, 5.74) is 8.94. The Morgan fingerprint density at radius 2 is 1.75 bits per heavy atom. The molecule has 0 radical (unpaired) electrons. The van der Waals surface area contributed by atoms with Crippen molar-refractivity contribution in [2.24, 2.45) is 7.05 Å². The number of hydrogen-bond acceptors (Lipinski definition) is 6. The summed E-state index contributed by atoms with van der Waals surface area (Å²) in [5, 5.41) is 18.4. The maximum absolute atomic E-state index is 6.28. The van der Waals surface area contributed by atoms with Gasteiger partial charge < -0.3 is 10.3 Å². The van der Waals surface area contributed by atoms with Gasteiger partial charge in [0.15, 0.2) is 22.5 Å². The molecule has 0 amide bonds. The molecule has 4 rings (SSSR count). The highest BCUT2D eigenvalue weighted by molar-refractivity contribution is 7.98. The fourth-order valence-corrected chi connectivity index (χ4v) is 3.82. The van der Waals surface area contributed by atoms with E-state index in [1.807, 2.05) is 54.1 Å². The fraction of sp³-hybridized carbons (Fsp3) is 0.158. The second-order valence-electron chi connectivity index (χ2n) is 6.21. The second-order valence-corrected chi connectivity index (χ2v) is 7.56. The van der Waals surface area contributed by atoms with E-state index >= 15 is 0 Å². The fourth-order valence-electron chi connectivity index (χ4n) is 2.75. The molecule has 9 heteroatoms. The Labute approximate surface area is 171 Å². The Hall–Kier alpha value is -2.84. The van der Waals surface area contributed by atoms with Gasteiger partial charge in [0.2, 0.25) is 0 Å². The third kappa shape index (κ3) is 3.74. The van der Waals surface area contributed by atoms with Crippen molar-refractivity contribution in [3.8, 4) is 11.5 Å². The first kappa shape index (κ1) is 18.5. The smallest absolute Gasteiger partial charge is 0.191 e. The van der Waals surface area contributed by atoms with Gasteiger partial charge in [0, 0.05) is 17.8 Å². The van der Waals surface area contributed by atoms with Crippen molar-refractivity contribution in [1.29, 1.82) is 0 Å². The summed E-state index contributed by atoms with van der Waals surface area (Å²) in [5.74, 6) is 1.81. The van der Waals surface area contributed by atoms with E-state index in [0.29, 0.717) is 28.9 Å². The van der Waals surface area contributed by atoms with Crippen LogP contribution in [0, 0.1) is 0 Å². The van der Waals surface area contributed by atoms with E-state index in [-0.39, 0.29) is 0 Å². The standard InChI is InChI=1S/C19H18ClN7S/c1-26-18(23-24-19(26)28-12-13-7-3-2-4-8-13)16-17(21)27(25-22-16)11-14-9-5-6-10-15(14)20/h2-10H,11-12,21H2,1H3. The molecule has 2 heterocycles. The van der Waals surface area contributed by atoms with Crippen LogP contribution in [0.2, 0.25) is 5.02 Å². The Morgan fingerprint density at radius 3 is 2.54 bits per heavy atom. The number of nitrogens with zero attached hydrogens (tertiary/aromatic N) is 6. The van der Waals surface area contributed by atoms with Crippen molar-refractivity contribution >= 4 is 29.2 Å². The highest BCUT2D eigenvalue weighted by Crippen LogP contribution is 2.27. The van der Waals surface area contributed by atoms with Gasteiger partial charge in [-0.15, -0.1) is 15.3 Å². The molecule has 4 aromatic rings. The Balaban J connectivity index is 1.54. The Kier molecular flexibility index (Phi) is 5.31. The van der Waals surface area contributed by atoms with Crippen molar-refractivity contribution in [1.82, 2.24) is 29.8 Å². The van der Waals surface area contributed by atoms with Crippen LogP contribution in [0.3, 0.4) is 0 Å². The molecule has 0 unspecified atom stereocenters. The lowest BCUT2D eigenvalue weighted by Gasteiger charge is -2.06. The van der Waals surface area contributed by atoms with Gasteiger partial charge in [-0.3, -0.25) is 0 Å². The largest absolute Gasteiger partial charge is 0.382 e. The van der Waals surface area contributed by atoms with Gasteiger partial charge in [0.25, 0.3) is 0 Å². The molecular weight excluding hydrogens is 394 g/mol. The summed E-state index contributed by atoms with van der Waals surface area (Å²) in [6, 6.07) is 17.8. The molecule has 0 aliphatic carbocycles. The maximum Gasteiger partial charge on any atom is 0.191 e. The van der Waals surface area contributed by atoms with E-state index in [1.54, 1.807) is 16.4 Å². The van der Waals surface area contributed by atoms with Crippen molar-refractivity contribution in [2.45, 2.75) is 17.5 Å². The molecule has 7 nitrogen and oxygen atoms in total. The molecule has 0 atom stereocenters. The van der Waals surface area contributed by atoms with E-state index in [9.17, 15) is 0 Å². The molecule has 0 aliphatic rings. The minimum Gasteiger partial charge on any atom is -0.382 e. The minimum absolute atomic E-state index is 0.426. The van der Waals surface area contributed by atoms with Crippen molar-refractivity contribution in [3.05, 3.63) is 70.7 Å². The maximum atomic E-state index is 6.28. The molecule has 0 spiro atoms. The molecule has 0 saturated carbocycles. The van der Waals surface area contributed by atoms with Crippen LogP contribution >= 0.6 is 23.4 Å². The summed E-state index contributed by atoms with van der Waals surface area (Å²) < 4.78 is 3.50. The topological polar surface area (TPSA) is 87.4 Å². The number of thioether (sulfide) groups is 1. The zero-order valence-electron chi connectivity index (χ0n) is 15.2. The number of hydrogen-bond donors (Lipinski definition) is 1. The predicted molar refractivity (Wildman–Crippen MR) is 111 cm³/mol. The Morgan fingerprint density at radius 1 is 1.00 bits per heavy atom. The minimum atomic E-state index is 0.426. The third-order valence-electron chi connectivity index (χ3n) is 4.31. The second kappa shape index (κ2) is 8.04. The number of rotatable bonds is 6. The first-order chi connectivity index (χ1) is 13.6. The summed E-state index contributed by atoms with van der Waals surface area (Å²) in [4.78, 5) is 0. The zero-order valence-corrected chi connectivity index (χ0v) is 16.7. The number of benzene rings is 2. The van der Waals surface area contributed by atoms with Crippen LogP contribution in [0.15, 0.2) is 59.8 Å². The normalized spacial score (nSPS) is 11.1. The number of nitrogen functional groups attached to an aromatic ring is 1. The van der Waals surface area contributed by atoms with Gasteiger partial charge in [-0.25, -0.2) is 4.68 Å². The van der Waals surface area contributed by atoms with Crippen LogP contribution in [0.1, 0.15) is 11.1 Å². The first-order valence-corrected chi connectivity index (χ1v) is 9.98. The lowest BCUT2D eigenvalue weighted by Crippen LogP contribution is -2.07. The Bertz CT molecular complexity index is 1090. The van der Waals surface area contributed by atoms with Gasteiger partial charge in [0.05, 0.1) is 6.54 Å². The zero-order chi connectivity index (χ0) is 19.5. The predicted octanol–water partition coefficient (Wildman–Crippen LogP) is 3.65. The van der Waals surface area contributed by atoms with Crippen molar-refractivity contribution < 1.29 is 0 Å². The summed E-state index contributed by atoms with van der Waals surface area (Å²) in [6.07, 6.45) is 0. The summed E-state index contributed by atoms with van der Waals surface area (Å²) in [6.45, 7) is 0.436. The molecular formula is C19H18ClN7S. The van der Waals surface area contributed by atoms with Gasteiger partial charge in [0.1, 0.15) is 0 Å². The molecule has 28 heavy (non-hydrogen) atoms. The highest BCUT2D eigenvalue weighted by Gasteiger charge is 2.19. The molecule has 0 fully saturated rings.